The third kappa shape index (κ3) is 3.96. The van der Waals surface area contributed by atoms with Crippen LogP contribution in [0.25, 0.3) is 11.0 Å². The Bertz CT molecular complexity index is 789. The molecule has 0 atom stereocenters. The van der Waals surface area contributed by atoms with Crippen LogP contribution in [0.2, 0.25) is 0 Å². The van der Waals surface area contributed by atoms with Crippen LogP contribution >= 0.6 is 60.2 Å². The summed E-state index contributed by atoms with van der Waals surface area (Å²) in [5.74, 6) is 1.00. The highest BCUT2D eigenvalue weighted by atomic mass is 79.9. The molecule has 1 aromatic heterocycles. The number of imidazole rings is 1. The van der Waals surface area contributed by atoms with Gasteiger partial charge in [-0.2, -0.15) is 0 Å². The molecule has 0 aliphatic carbocycles. The van der Waals surface area contributed by atoms with Crippen molar-refractivity contribution in [3.63, 3.8) is 0 Å². The Morgan fingerprint density at radius 1 is 1.04 bits per heavy atom. The predicted molar refractivity (Wildman–Crippen MR) is 121 cm³/mol. The van der Waals surface area contributed by atoms with Gasteiger partial charge in [0.25, 0.3) is 0 Å². The Morgan fingerprint density at radius 2 is 1.81 bits per heavy atom. The third-order valence-electron chi connectivity index (χ3n) is 5.06. The van der Waals surface area contributed by atoms with Crippen LogP contribution in [0.1, 0.15) is 18.4 Å². The van der Waals surface area contributed by atoms with Crippen molar-refractivity contribution in [3.8, 4) is 0 Å². The number of hydrogen-bond acceptors (Lipinski definition) is 4. The van der Waals surface area contributed by atoms with Crippen molar-refractivity contribution in [1.29, 1.82) is 0 Å². The Kier molecular flexibility index (Phi) is 7.30. The standard InChI is InChI=1S/C17H22Br3N5.ClH/c18-12-11-3-1-8-25-16(11)15(14(20)13(12)19)23-17(25)22-4-2-7-24-9-5-21-6-10-24;/h21H,1-10H2,(H,22,23);1H. The van der Waals surface area contributed by atoms with Crippen LogP contribution in [-0.2, 0) is 13.0 Å². The van der Waals surface area contributed by atoms with E-state index in [-0.39, 0.29) is 12.4 Å². The average molecular weight is 573 g/mol. The maximum absolute atomic E-state index is 4.90. The fourth-order valence-electron chi connectivity index (χ4n) is 3.78. The van der Waals surface area contributed by atoms with Crippen molar-refractivity contribution in [2.24, 2.45) is 0 Å². The van der Waals surface area contributed by atoms with Gasteiger partial charge in [-0.25, -0.2) is 4.98 Å². The molecule has 2 aliphatic heterocycles. The minimum Gasteiger partial charge on any atom is -0.356 e. The Morgan fingerprint density at radius 3 is 2.58 bits per heavy atom. The molecular weight excluding hydrogens is 549 g/mol. The van der Waals surface area contributed by atoms with Gasteiger partial charge >= 0.3 is 0 Å². The lowest BCUT2D eigenvalue weighted by Crippen LogP contribution is -2.44. The molecule has 4 rings (SSSR count). The van der Waals surface area contributed by atoms with E-state index >= 15 is 0 Å². The number of nitrogens with zero attached hydrogens (tertiary/aromatic N) is 3. The van der Waals surface area contributed by atoms with E-state index in [1.165, 1.54) is 11.1 Å². The molecule has 2 N–H and O–H groups in total. The van der Waals surface area contributed by atoms with E-state index in [1.807, 2.05) is 0 Å². The van der Waals surface area contributed by atoms with Gasteiger partial charge in [0.15, 0.2) is 0 Å². The van der Waals surface area contributed by atoms with Crippen molar-refractivity contribution in [1.82, 2.24) is 19.8 Å². The highest BCUT2D eigenvalue weighted by molar-refractivity contribution is 9.14. The Hall–Kier alpha value is 0.140. The number of halogens is 4. The molecule has 26 heavy (non-hydrogen) atoms. The van der Waals surface area contributed by atoms with Crippen LogP contribution in [0.4, 0.5) is 5.95 Å². The molecule has 5 nitrogen and oxygen atoms in total. The van der Waals surface area contributed by atoms with Crippen molar-refractivity contribution < 1.29 is 0 Å². The molecule has 0 spiro atoms. The molecule has 1 aromatic carbocycles. The maximum Gasteiger partial charge on any atom is 0.203 e. The quantitative estimate of drug-likeness (QED) is 0.412. The van der Waals surface area contributed by atoms with Gasteiger partial charge in [0, 0.05) is 48.2 Å². The van der Waals surface area contributed by atoms with Gasteiger partial charge in [0.05, 0.1) is 9.99 Å². The first-order valence-corrected chi connectivity index (χ1v) is 11.3. The van der Waals surface area contributed by atoms with Crippen molar-refractivity contribution in [2.75, 3.05) is 44.6 Å². The smallest absolute Gasteiger partial charge is 0.203 e. The average Bonchev–Trinajstić information content (AvgIpc) is 3.02. The first-order chi connectivity index (χ1) is 12.2. The van der Waals surface area contributed by atoms with E-state index in [0.29, 0.717) is 0 Å². The van der Waals surface area contributed by atoms with Crippen LogP contribution in [0.5, 0.6) is 0 Å². The van der Waals surface area contributed by atoms with Gasteiger partial charge in [-0.15, -0.1) is 12.4 Å². The zero-order chi connectivity index (χ0) is 17.4. The third-order valence-corrected chi connectivity index (χ3v) is 8.57. The Labute approximate surface area is 185 Å². The SMILES string of the molecule is Brc1c(Br)c2c3c(nc(NCCCN4CCNCC4)n3CCC2)c1Br.Cl. The van der Waals surface area contributed by atoms with Gasteiger partial charge in [0.2, 0.25) is 5.95 Å². The second-order valence-electron chi connectivity index (χ2n) is 6.68. The van der Waals surface area contributed by atoms with Crippen molar-refractivity contribution in [3.05, 3.63) is 19.0 Å². The van der Waals surface area contributed by atoms with Crippen molar-refractivity contribution in [2.45, 2.75) is 25.8 Å². The zero-order valence-corrected chi connectivity index (χ0v) is 20.0. The number of rotatable bonds is 5. The Balaban J connectivity index is 0.00000196. The van der Waals surface area contributed by atoms with Crippen LogP contribution in [-0.4, -0.2) is 53.7 Å². The van der Waals surface area contributed by atoms with E-state index in [4.69, 9.17) is 4.98 Å². The van der Waals surface area contributed by atoms with E-state index in [0.717, 1.165) is 90.0 Å². The summed E-state index contributed by atoms with van der Waals surface area (Å²) in [6.45, 7) is 7.70. The highest BCUT2D eigenvalue weighted by Gasteiger charge is 2.24. The first kappa shape index (κ1) is 20.9. The topological polar surface area (TPSA) is 45.1 Å². The molecule has 0 unspecified atom stereocenters. The molecule has 0 saturated carbocycles. The van der Waals surface area contributed by atoms with Gasteiger partial charge in [-0.1, -0.05) is 0 Å². The fraction of sp³-hybridized carbons (Fsp3) is 0.588. The number of aromatic nitrogens is 2. The summed E-state index contributed by atoms with van der Waals surface area (Å²) in [6.07, 6.45) is 3.39. The summed E-state index contributed by atoms with van der Waals surface area (Å²) in [5.41, 5.74) is 3.67. The summed E-state index contributed by atoms with van der Waals surface area (Å²) in [4.78, 5) is 7.44. The number of piperazine rings is 1. The molecule has 1 fully saturated rings. The lowest BCUT2D eigenvalue weighted by Gasteiger charge is -2.27. The van der Waals surface area contributed by atoms with Crippen molar-refractivity contribution >= 4 is 77.2 Å². The molecule has 2 aromatic rings. The molecular formula is C17H23Br3ClN5. The zero-order valence-electron chi connectivity index (χ0n) is 14.5. The number of aryl methyl sites for hydroxylation is 2. The predicted octanol–water partition coefficient (Wildman–Crippen LogP) is 4.40. The molecule has 3 heterocycles. The molecule has 1 saturated heterocycles. The lowest BCUT2D eigenvalue weighted by atomic mass is 10.0. The second kappa shape index (κ2) is 9.09. The number of anilines is 1. The van der Waals surface area contributed by atoms with E-state index < -0.39 is 0 Å². The summed E-state index contributed by atoms with van der Waals surface area (Å²) in [7, 11) is 0. The lowest BCUT2D eigenvalue weighted by molar-refractivity contribution is 0.240. The van der Waals surface area contributed by atoms with Gasteiger partial charge in [-0.05, 0) is 79.2 Å². The summed E-state index contributed by atoms with van der Waals surface area (Å²) in [6, 6.07) is 0. The number of benzene rings is 1. The van der Waals surface area contributed by atoms with Crippen LogP contribution in [0.15, 0.2) is 13.4 Å². The number of hydrogen-bond donors (Lipinski definition) is 2. The number of nitrogens with one attached hydrogen (secondary N) is 2. The van der Waals surface area contributed by atoms with E-state index in [9.17, 15) is 0 Å². The highest BCUT2D eigenvalue weighted by Crippen LogP contribution is 2.43. The van der Waals surface area contributed by atoms with E-state index in [2.05, 4.69) is 67.9 Å². The van der Waals surface area contributed by atoms with E-state index in [1.54, 1.807) is 0 Å². The minimum atomic E-state index is 0. The molecule has 9 heteroatoms. The largest absolute Gasteiger partial charge is 0.356 e. The normalized spacial score (nSPS) is 17.3. The fourth-order valence-corrected chi connectivity index (χ4v) is 5.53. The molecule has 144 valence electrons. The minimum absolute atomic E-state index is 0. The molecule has 0 bridgehead atoms. The first-order valence-electron chi connectivity index (χ1n) is 8.89. The molecule has 0 amide bonds. The van der Waals surface area contributed by atoms with Gasteiger partial charge < -0.3 is 20.1 Å². The molecule has 0 radical (unpaired) electrons. The van der Waals surface area contributed by atoms with Crippen LogP contribution in [0.3, 0.4) is 0 Å². The monoisotopic (exact) mass is 569 g/mol. The summed E-state index contributed by atoms with van der Waals surface area (Å²) >= 11 is 11.1. The summed E-state index contributed by atoms with van der Waals surface area (Å²) < 4.78 is 5.59. The van der Waals surface area contributed by atoms with Gasteiger partial charge in [0.1, 0.15) is 5.52 Å². The van der Waals surface area contributed by atoms with Gasteiger partial charge in [-0.3, -0.25) is 0 Å². The maximum atomic E-state index is 4.90. The summed E-state index contributed by atoms with van der Waals surface area (Å²) in [5, 5.41) is 6.98. The van der Waals surface area contributed by atoms with Crippen LogP contribution < -0.4 is 10.6 Å². The second-order valence-corrected chi connectivity index (χ2v) is 9.06. The van der Waals surface area contributed by atoms with Crippen LogP contribution in [0, 0.1) is 0 Å². The molecule has 2 aliphatic rings.